The van der Waals surface area contributed by atoms with Crippen LogP contribution in [0, 0.1) is 24.4 Å². The normalized spacial score (nSPS) is 16.1. The second kappa shape index (κ2) is 9.59. The summed E-state index contributed by atoms with van der Waals surface area (Å²) in [5.74, 6) is -2.61. The lowest BCUT2D eigenvalue weighted by Crippen LogP contribution is -2.38. The van der Waals surface area contributed by atoms with Gasteiger partial charge in [0, 0.05) is 30.9 Å². The highest BCUT2D eigenvalue weighted by molar-refractivity contribution is 5.70. The number of amides is 1. The summed E-state index contributed by atoms with van der Waals surface area (Å²) in [6.45, 7) is 3.31. The van der Waals surface area contributed by atoms with Crippen LogP contribution in [0.1, 0.15) is 37.2 Å². The van der Waals surface area contributed by atoms with E-state index in [9.17, 15) is 28.2 Å². The van der Waals surface area contributed by atoms with Gasteiger partial charge in [-0.2, -0.15) is 5.10 Å². The average molecular weight is 531 g/mol. The molecule has 0 radical (unpaired) electrons. The van der Waals surface area contributed by atoms with E-state index >= 15 is 0 Å². The Labute approximate surface area is 214 Å². The average Bonchev–Trinajstić information content (AvgIpc) is 3.44. The topological polar surface area (TPSA) is 131 Å². The molecule has 200 valence electrons. The van der Waals surface area contributed by atoms with Crippen LogP contribution in [-0.4, -0.2) is 70.5 Å². The van der Waals surface area contributed by atoms with Gasteiger partial charge in [0.05, 0.1) is 24.1 Å². The number of nitrogens with zero attached hydrogens (tertiary/aromatic N) is 7. The molecule has 11 nitrogen and oxygen atoms in total. The molecule has 0 aromatic carbocycles. The molecule has 0 saturated carbocycles. The third kappa shape index (κ3) is 4.62. The fourth-order valence-corrected chi connectivity index (χ4v) is 4.64. The number of ether oxygens (including phenoxy) is 1. The molecular weight excluding hydrogens is 507 g/mol. The number of carbonyl (C=O) groups is 1. The molecule has 0 spiro atoms. The van der Waals surface area contributed by atoms with Crippen LogP contribution < -0.4 is 4.74 Å². The van der Waals surface area contributed by atoms with E-state index in [1.165, 1.54) is 22.4 Å². The first kappa shape index (κ1) is 25.4. The molecule has 1 unspecified atom stereocenters. The second-order valence-corrected chi connectivity index (χ2v) is 9.39. The van der Waals surface area contributed by atoms with Gasteiger partial charge in [-0.3, -0.25) is 4.98 Å². The Bertz CT molecular complexity index is 1510. The number of aromatic nitrogens is 6. The smallest absolute Gasteiger partial charge is 0.407 e. The number of piperidine rings is 1. The summed E-state index contributed by atoms with van der Waals surface area (Å²) in [4.78, 5) is 16.2. The van der Waals surface area contributed by atoms with Crippen molar-refractivity contribution in [1.82, 2.24) is 34.5 Å². The SMILES string of the molecule is Cc1c(-c2cc(OCC(C)(O)c3ncc(F)cc3F)c3c(F)cnn3c2)nnn1C1CCN(C(=O)O)CC1. The minimum Gasteiger partial charge on any atom is -0.488 e. The predicted octanol–water partition coefficient (Wildman–Crippen LogP) is 3.31. The second-order valence-electron chi connectivity index (χ2n) is 9.39. The van der Waals surface area contributed by atoms with Crippen LogP contribution in [-0.2, 0) is 5.60 Å². The number of halogens is 3. The molecule has 1 fully saturated rings. The van der Waals surface area contributed by atoms with Crippen molar-refractivity contribution in [3.05, 3.63) is 59.6 Å². The molecule has 1 atom stereocenters. The number of carboxylic acid groups (broad SMARTS) is 1. The van der Waals surface area contributed by atoms with Crippen LogP contribution in [0.25, 0.3) is 16.8 Å². The van der Waals surface area contributed by atoms with E-state index in [2.05, 4.69) is 20.4 Å². The van der Waals surface area contributed by atoms with E-state index in [0.717, 1.165) is 12.4 Å². The summed E-state index contributed by atoms with van der Waals surface area (Å²) in [5, 5.41) is 32.6. The fraction of sp³-hybridized carbons (Fsp3) is 0.375. The summed E-state index contributed by atoms with van der Waals surface area (Å²) < 4.78 is 50.9. The van der Waals surface area contributed by atoms with Crippen molar-refractivity contribution in [2.45, 2.75) is 38.3 Å². The van der Waals surface area contributed by atoms with E-state index < -0.39 is 41.4 Å². The summed E-state index contributed by atoms with van der Waals surface area (Å²) in [6, 6.07) is 2.07. The highest BCUT2D eigenvalue weighted by Gasteiger charge is 2.31. The molecule has 0 aliphatic carbocycles. The molecule has 4 aromatic heterocycles. The van der Waals surface area contributed by atoms with Gasteiger partial charge in [0.25, 0.3) is 0 Å². The van der Waals surface area contributed by atoms with Crippen LogP contribution >= 0.6 is 0 Å². The molecule has 1 aliphatic heterocycles. The van der Waals surface area contributed by atoms with Crippen molar-refractivity contribution < 1.29 is 32.9 Å². The number of hydrogen-bond donors (Lipinski definition) is 2. The highest BCUT2D eigenvalue weighted by Crippen LogP contribution is 2.33. The van der Waals surface area contributed by atoms with Crippen molar-refractivity contribution in [2.24, 2.45) is 0 Å². The Morgan fingerprint density at radius 1 is 1.18 bits per heavy atom. The largest absolute Gasteiger partial charge is 0.488 e. The summed E-state index contributed by atoms with van der Waals surface area (Å²) in [7, 11) is 0. The Hall–Kier alpha value is -4.20. The summed E-state index contributed by atoms with van der Waals surface area (Å²) >= 11 is 0. The molecule has 0 bridgehead atoms. The van der Waals surface area contributed by atoms with Crippen LogP contribution in [0.5, 0.6) is 5.75 Å². The van der Waals surface area contributed by atoms with Gasteiger partial charge >= 0.3 is 6.09 Å². The third-order valence-electron chi connectivity index (χ3n) is 6.64. The number of hydrogen-bond acceptors (Lipinski definition) is 7. The molecule has 1 amide bonds. The molecule has 5 heterocycles. The lowest BCUT2D eigenvalue weighted by molar-refractivity contribution is 0.000943. The van der Waals surface area contributed by atoms with Crippen molar-refractivity contribution in [3.8, 4) is 17.0 Å². The monoisotopic (exact) mass is 531 g/mol. The maximum absolute atomic E-state index is 14.6. The van der Waals surface area contributed by atoms with Crippen LogP contribution in [0.4, 0.5) is 18.0 Å². The number of rotatable bonds is 6. The molecule has 2 N–H and O–H groups in total. The highest BCUT2D eigenvalue weighted by atomic mass is 19.1. The summed E-state index contributed by atoms with van der Waals surface area (Å²) in [5.41, 5.74) is -0.720. The Morgan fingerprint density at radius 3 is 2.61 bits per heavy atom. The van der Waals surface area contributed by atoms with Crippen molar-refractivity contribution in [3.63, 3.8) is 0 Å². The molecule has 38 heavy (non-hydrogen) atoms. The van der Waals surface area contributed by atoms with Gasteiger partial charge in [-0.25, -0.2) is 27.2 Å². The van der Waals surface area contributed by atoms with E-state index in [1.807, 2.05) is 6.92 Å². The van der Waals surface area contributed by atoms with E-state index in [-0.39, 0.29) is 17.3 Å². The maximum atomic E-state index is 14.6. The standard InChI is InChI=1S/C24H24F3N7O4/c1-13-20(30-31-34(13)16-3-5-32(6-4-16)23(35)36)14-7-19(21-18(27)10-29-33(21)11-14)38-12-24(2,37)22-17(26)8-15(25)9-28-22/h7-11,16,37H,3-6,12H2,1-2H3,(H,35,36). The lowest BCUT2D eigenvalue weighted by Gasteiger charge is -2.30. The minimum atomic E-state index is -1.97. The van der Waals surface area contributed by atoms with Crippen LogP contribution in [0.15, 0.2) is 30.7 Å². The van der Waals surface area contributed by atoms with Gasteiger partial charge in [0.15, 0.2) is 11.6 Å². The molecular formula is C24H24F3N7O4. The van der Waals surface area contributed by atoms with E-state index in [0.29, 0.717) is 48.9 Å². The van der Waals surface area contributed by atoms with Crippen molar-refractivity contribution in [2.75, 3.05) is 19.7 Å². The van der Waals surface area contributed by atoms with E-state index in [1.54, 1.807) is 10.9 Å². The van der Waals surface area contributed by atoms with Gasteiger partial charge in [-0.05, 0) is 32.8 Å². The zero-order valence-electron chi connectivity index (χ0n) is 20.5. The molecule has 5 rings (SSSR count). The van der Waals surface area contributed by atoms with Gasteiger partial charge in [0.2, 0.25) is 0 Å². The Morgan fingerprint density at radius 2 is 1.92 bits per heavy atom. The van der Waals surface area contributed by atoms with Gasteiger partial charge in [0.1, 0.15) is 40.7 Å². The molecule has 1 aliphatic rings. The Balaban J connectivity index is 1.44. The Kier molecular flexibility index (Phi) is 6.42. The first-order valence-electron chi connectivity index (χ1n) is 11.8. The number of fused-ring (bicyclic) bond motifs is 1. The lowest BCUT2D eigenvalue weighted by atomic mass is 10.0. The third-order valence-corrected chi connectivity index (χ3v) is 6.64. The van der Waals surface area contributed by atoms with Gasteiger partial charge in [-0.1, -0.05) is 5.21 Å². The number of pyridine rings is 2. The molecule has 14 heteroatoms. The van der Waals surface area contributed by atoms with Crippen LogP contribution in [0.2, 0.25) is 0 Å². The maximum Gasteiger partial charge on any atom is 0.407 e. The predicted molar refractivity (Wildman–Crippen MR) is 126 cm³/mol. The van der Waals surface area contributed by atoms with Crippen molar-refractivity contribution in [1.29, 1.82) is 0 Å². The minimum absolute atomic E-state index is 0.00371. The number of aliphatic hydroxyl groups is 1. The van der Waals surface area contributed by atoms with Gasteiger partial charge in [-0.15, -0.1) is 5.10 Å². The number of likely N-dealkylation sites (tertiary alicyclic amines) is 1. The first-order chi connectivity index (χ1) is 18.0. The molecule has 4 aromatic rings. The van der Waals surface area contributed by atoms with Crippen LogP contribution in [0.3, 0.4) is 0 Å². The molecule has 1 saturated heterocycles. The fourth-order valence-electron chi connectivity index (χ4n) is 4.64. The van der Waals surface area contributed by atoms with Gasteiger partial charge < -0.3 is 19.8 Å². The van der Waals surface area contributed by atoms with E-state index in [4.69, 9.17) is 4.74 Å². The quantitative estimate of drug-likeness (QED) is 0.388. The summed E-state index contributed by atoms with van der Waals surface area (Å²) in [6.07, 6.45) is 3.54. The first-order valence-corrected chi connectivity index (χ1v) is 11.8. The van der Waals surface area contributed by atoms with Crippen molar-refractivity contribution >= 4 is 11.6 Å². The zero-order chi connectivity index (χ0) is 27.2. The zero-order valence-corrected chi connectivity index (χ0v) is 20.5.